The maximum atomic E-state index is 11.7. The van der Waals surface area contributed by atoms with Gasteiger partial charge in [0, 0.05) is 19.6 Å². The summed E-state index contributed by atoms with van der Waals surface area (Å²) in [6.07, 6.45) is 0.733. The van der Waals surface area contributed by atoms with Crippen LogP contribution in [0.3, 0.4) is 0 Å². The normalized spacial score (nSPS) is 19.7. The van der Waals surface area contributed by atoms with Gasteiger partial charge in [-0.15, -0.1) is 0 Å². The standard InChI is InChI=1S/C23H30N2O3/c1-23(2,3)28-22(26)25-14-17-9-11-20(12-10-17)27-21-13-19(15-24-16-21)18-7-5-4-6-8-18/h4-12,19,21,24H,13-16H2,1-3H3,(H,25,26). The lowest BCUT2D eigenvalue weighted by Crippen LogP contribution is -2.41. The van der Waals surface area contributed by atoms with Gasteiger partial charge in [-0.3, -0.25) is 0 Å². The largest absolute Gasteiger partial charge is 0.489 e. The van der Waals surface area contributed by atoms with Crippen LogP contribution in [0.15, 0.2) is 54.6 Å². The van der Waals surface area contributed by atoms with Gasteiger partial charge in [0.2, 0.25) is 0 Å². The molecule has 1 aliphatic heterocycles. The zero-order chi connectivity index (χ0) is 20.0. The van der Waals surface area contributed by atoms with E-state index in [1.807, 2.05) is 51.1 Å². The minimum absolute atomic E-state index is 0.143. The van der Waals surface area contributed by atoms with Crippen molar-refractivity contribution >= 4 is 6.09 Å². The van der Waals surface area contributed by atoms with Gasteiger partial charge in [0.05, 0.1) is 0 Å². The van der Waals surface area contributed by atoms with Gasteiger partial charge in [-0.25, -0.2) is 4.79 Å². The van der Waals surface area contributed by atoms with Crippen LogP contribution in [0.1, 0.15) is 44.2 Å². The first-order chi connectivity index (χ1) is 13.4. The number of nitrogens with one attached hydrogen (secondary N) is 2. The summed E-state index contributed by atoms with van der Waals surface area (Å²) in [5, 5.41) is 6.25. The molecule has 1 saturated heterocycles. The van der Waals surface area contributed by atoms with Crippen molar-refractivity contribution in [2.75, 3.05) is 13.1 Å². The third-order valence-corrected chi connectivity index (χ3v) is 4.64. The zero-order valence-electron chi connectivity index (χ0n) is 16.9. The van der Waals surface area contributed by atoms with E-state index >= 15 is 0 Å². The van der Waals surface area contributed by atoms with Crippen LogP contribution in [0.5, 0.6) is 5.75 Å². The Morgan fingerprint density at radius 1 is 1.07 bits per heavy atom. The van der Waals surface area contributed by atoms with E-state index in [0.29, 0.717) is 12.5 Å². The summed E-state index contributed by atoms with van der Waals surface area (Å²) >= 11 is 0. The molecule has 28 heavy (non-hydrogen) atoms. The molecule has 2 aromatic rings. The van der Waals surface area contributed by atoms with E-state index in [9.17, 15) is 4.79 Å². The number of carbonyl (C=O) groups is 1. The van der Waals surface area contributed by atoms with Crippen LogP contribution in [-0.4, -0.2) is 30.9 Å². The summed E-state index contributed by atoms with van der Waals surface area (Å²) in [4.78, 5) is 11.7. The fourth-order valence-electron chi connectivity index (χ4n) is 3.34. The topological polar surface area (TPSA) is 59.6 Å². The second-order valence-corrected chi connectivity index (χ2v) is 8.24. The van der Waals surface area contributed by atoms with Gasteiger partial charge in [-0.2, -0.15) is 0 Å². The zero-order valence-corrected chi connectivity index (χ0v) is 16.9. The van der Waals surface area contributed by atoms with E-state index in [4.69, 9.17) is 9.47 Å². The number of piperidine rings is 1. The van der Waals surface area contributed by atoms with Crippen LogP contribution in [0.2, 0.25) is 0 Å². The molecule has 3 rings (SSSR count). The molecule has 1 heterocycles. The Balaban J connectivity index is 1.49. The summed E-state index contributed by atoms with van der Waals surface area (Å²) in [6, 6.07) is 18.4. The summed E-state index contributed by atoms with van der Waals surface area (Å²) < 4.78 is 11.4. The lowest BCUT2D eigenvalue weighted by Gasteiger charge is -2.30. The predicted molar refractivity (Wildman–Crippen MR) is 111 cm³/mol. The highest BCUT2D eigenvalue weighted by Gasteiger charge is 2.24. The second kappa shape index (κ2) is 9.11. The third-order valence-electron chi connectivity index (χ3n) is 4.64. The van der Waals surface area contributed by atoms with Crippen molar-refractivity contribution in [1.82, 2.24) is 10.6 Å². The van der Waals surface area contributed by atoms with Gasteiger partial charge < -0.3 is 20.1 Å². The van der Waals surface area contributed by atoms with Gasteiger partial charge >= 0.3 is 6.09 Å². The van der Waals surface area contributed by atoms with Gasteiger partial charge in [0.25, 0.3) is 0 Å². The van der Waals surface area contributed by atoms with Crippen LogP contribution in [0.4, 0.5) is 4.79 Å². The van der Waals surface area contributed by atoms with Crippen LogP contribution >= 0.6 is 0 Å². The molecule has 1 aliphatic rings. The SMILES string of the molecule is CC(C)(C)OC(=O)NCc1ccc(OC2CNCC(c3ccccc3)C2)cc1. The molecule has 5 heteroatoms. The van der Waals surface area contributed by atoms with Crippen LogP contribution in [0, 0.1) is 0 Å². The molecule has 1 fully saturated rings. The number of hydrogen-bond donors (Lipinski definition) is 2. The van der Waals surface area contributed by atoms with E-state index in [2.05, 4.69) is 34.9 Å². The van der Waals surface area contributed by atoms with E-state index < -0.39 is 11.7 Å². The molecule has 150 valence electrons. The van der Waals surface area contributed by atoms with E-state index in [1.165, 1.54) is 5.56 Å². The Morgan fingerprint density at radius 2 is 1.79 bits per heavy atom. The number of alkyl carbamates (subject to hydrolysis) is 1. The van der Waals surface area contributed by atoms with Crippen LogP contribution in [-0.2, 0) is 11.3 Å². The molecule has 1 amide bonds. The first-order valence-corrected chi connectivity index (χ1v) is 9.87. The van der Waals surface area contributed by atoms with Crippen molar-refractivity contribution in [2.45, 2.75) is 51.4 Å². The van der Waals surface area contributed by atoms with Crippen LogP contribution in [0.25, 0.3) is 0 Å². The van der Waals surface area contributed by atoms with Gasteiger partial charge in [0.1, 0.15) is 17.5 Å². The number of hydrogen-bond acceptors (Lipinski definition) is 4. The van der Waals surface area contributed by atoms with Crippen molar-refractivity contribution in [2.24, 2.45) is 0 Å². The maximum absolute atomic E-state index is 11.7. The smallest absolute Gasteiger partial charge is 0.407 e. The van der Waals surface area contributed by atoms with Crippen molar-refractivity contribution in [1.29, 1.82) is 0 Å². The molecule has 0 saturated carbocycles. The number of carbonyl (C=O) groups excluding carboxylic acids is 1. The minimum atomic E-state index is -0.493. The van der Waals surface area contributed by atoms with Crippen molar-refractivity contribution < 1.29 is 14.3 Å². The summed E-state index contributed by atoms with van der Waals surface area (Å²) in [5.41, 5.74) is 1.86. The minimum Gasteiger partial charge on any atom is -0.489 e. The predicted octanol–water partition coefficient (Wildman–Crippen LogP) is 4.24. The highest BCUT2D eigenvalue weighted by Crippen LogP contribution is 2.26. The maximum Gasteiger partial charge on any atom is 0.407 e. The molecular weight excluding hydrogens is 352 g/mol. The van der Waals surface area contributed by atoms with E-state index in [0.717, 1.165) is 30.8 Å². The number of rotatable bonds is 5. The Hall–Kier alpha value is -2.53. The van der Waals surface area contributed by atoms with Crippen molar-refractivity contribution in [3.05, 3.63) is 65.7 Å². The molecule has 2 N–H and O–H groups in total. The summed E-state index contributed by atoms with van der Waals surface area (Å²) in [6.45, 7) is 7.81. The van der Waals surface area contributed by atoms with Gasteiger partial charge in [-0.05, 0) is 56.4 Å². The Kier molecular flexibility index (Phi) is 6.57. The first-order valence-electron chi connectivity index (χ1n) is 9.87. The molecule has 0 bridgehead atoms. The fraction of sp³-hybridized carbons (Fsp3) is 0.435. The lowest BCUT2D eigenvalue weighted by molar-refractivity contribution is 0.0523. The molecular formula is C23H30N2O3. The molecule has 0 aliphatic carbocycles. The molecule has 0 aromatic heterocycles. The monoisotopic (exact) mass is 382 g/mol. The number of benzene rings is 2. The molecule has 2 aromatic carbocycles. The van der Waals surface area contributed by atoms with Crippen molar-refractivity contribution in [3.63, 3.8) is 0 Å². The Labute approximate surface area is 167 Å². The molecule has 0 radical (unpaired) electrons. The number of ether oxygens (including phenoxy) is 2. The molecule has 2 atom stereocenters. The van der Waals surface area contributed by atoms with E-state index in [1.54, 1.807) is 0 Å². The quantitative estimate of drug-likeness (QED) is 0.812. The first kappa shape index (κ1) is 20.2. The summed E-state index contributed by atoms with van der Waals surface area (Å²) in [7, 11) is 0. The van der Waals surface area contributed by atoms with Gasteiger partial charge in [0.15, 0.2) is 0 Å². The highest BCUT2D eigenvalue weighted by atomic mass is 16.6. The second-order valence-electron chi connectivity index (χ2n) is 8.24. The molecule has 2 unspecified atom stereocenters. The molecule has 5 nitrogen and oxygen atoms in total. The Bertz CT molecular complexity index is 754. The fourth-order valence-corrected chi connectivity index (χ4v) is 3.34. The highest BCUT2D eigenvalue weighted by molar-refractivity contribution is 5.67. The van der Waals surface area contributed by atoms with Gasteiger partial charge in [-0.1, -0.05) is 42.5 Å². The third kappa shape index (κ3) is 6.27. The molecule has 0 spiro atoms. The van der Waals surface area contributed by atoms with Crippen molar-refractivity contribution in [3.8, 4) is 5.75 Å². The Morgan fingerprint density at radius 3 is 2.46 bits per heavy atom. The summed E-state index contributed by atoms with van der Waals surface area (Å²) in [5.74, 6) is 1.32. The average molecular weight is 383 g/mol. The van der Waals surface area contributed by atoms with E-state index in [-0.39, 0.29) is 6.10 Å². The van der Waals surface area contributed by atoms with Crippen LogP contribution < -0.4 is 15.4 Å². The lowest BCUT2D eigenvalue weighted by atomic mass is 9.90. The average Bonchev–Trinajstić information content (AvgIpc) is 2.67. The number of amides is 1.